The Morgan fingerprint density at radius 2 is 1.93 bits per heavy atom. The molecule has 0 bridgehead atoms. The Morgan fingerprint density at radius 1 is 1.27 bits per heavy atom. The molecular weight excluding hydrogens is 426 g/mol. The largest absolute Gasteiger partial charge is 0.494 e. The summed E-state index contributed by atoms with van der Waals surface area (Å²) in [5.41, 5.74) is 1.32. The molecule has 0 unspecified atom stereocenters. The van der Waals surface area contributed by atoms with Crippen LogP contribution in [0.15, 0.2) is 18.2 Å². The number of benzene rings is 1. The number of nitrogens with zero attached hydrogens (tertiary/aromatic N) is 1. The van der Waals surface area contributed by atoms with Crippen LogP contribution < -0.4 is 14.9 Å². The topological polar surface area (TPSA) is 67.9 Å². The van der Waals surface area contributed by atoms with Gasteiger partial charge in [-0.3, -0.25) is 4.79 Å². The van der Waals surface area contributed by atoms with Crippen molar-refractivity contribution in [2.45, 2.75) is 52.2 Å². The Morgan fingerprint density at radius 3 is 2.47 bits per heavy atom. The number of halogens is 2. The number of carbonyl (C=O) groups is 2. The summed E-state index contributed by atoms with van der Waals surface area (Å²) in [5, 5.41) is 3.00. The summed E-state index contributed by atoms with van der Waals surface area (Å²) in [4.78, 5) is 25.3. The molecule has 1 N–H and O–H groups in total. The van der Waals surface area contributed by atoms with Crippen LogP contribution in [0.5, 0.6) is 5.75 Å². The number of carbonyl (C=O) groups excluding carboxylic acids is 2. The molecule has 0 aromatic heterocycles. The second-order valence-corrected chi connectivity index (χ2v) is 8.51. The van der Waals surface area contributed by atoms with Crippen molar-refractivity contribution in [2.75, 3.05) is 36.4 Å². The molecule has 0 amide bonds. The number of esters is 1. The molecule has 0 saturated heterocycles. The number of ether oxygens (including phenoxy) is 2. The molecule has 1 aromatic carbocycles. The molecule has 167 valence electrons. The van der Waals surface area contributed by atoms with Crippen molar-refractivity contribution in [1.29, 1.82) is 0 Å². The first kappa shape index (κ1) is 26.6. The van der Waals surface area contributed by atoms with Crippen LogP contribution >= 0.6 is 23.2 Å². The van der Waals surface area contributed by atoms with E-state index < -0.39 is 5.60 Å². The van der Waals surface area contributed by atoms with Crippen molar-refractivity contribution < 1.29 is 19.1 Å². The molecule has 0 heterocycles. The molecule has 0 aliphatic heterocycles. The lowest BCUT2D eigenvalue weighted by molar-refractivity contribution is -0.155. The van der Waals surface area contributed by atoms with E-state index in [2.05, 4.69) is 10.1 Å². The Kier molecular flexibility index (Phi) is 12.2. The van der Waals surface area contributed by atoms with Crippen molar-refractivity contribution in [3.8, 4) is 5.75 Å². The number of hydrogen-bond acceptors (Lipinski definition) is 6. The average molecular weight is 458 g/mol. The Labute approximate surface area is 190 Å². The van der Waals surface area contributed by atoms with E-state index in [1.165, 1.54) is 7.41 Å². The molecule has 1 rings (SSSR count). The molecule has 0 aliphatic carbocycles. The van der Waals surface area contributed by atoms with Crippen LogP contribution in [-0.4, -0.2) is 62.7 Å². The average Bonchev–Trinajstić information content (AvgIpc) is 2.66. The minimum absolute atomic E-state index is 0.116. The number of hydrogen-bond donors (Lipinski definition) is 1. The molecule has 0 aliphatic rings. The van der Waals surface area contributed by atoms with Crippen LogP contribution in [0.4, 0.5) is 5.69 Å². The van der Waals surface area contributed by atoms with Crippen LogP contribution in [0.3, 0.4) is 0 Å². The van der Waals surface area contributed by atoms with Gasteiger partial charge in [-0.15, -0.1) is 23.2 Å². The fourth-order valence-electron chi connectivity index (χ4n) is 3.01. The molecule has 0 spiro atoms. The van der Waals surface area contributed by atoms with E-state index in [1.54, 1.807) is 0 Å². The van der Waals surface area contributed by atoms with E-state index in [0.717, 1.165) is 17.0 Å². The molecule has 30 heavy (non-hydrogen) atoms. The SMILES string of the molecule is CCOc1ccc(N(CCCl)CCCl)cc1C[C@@H](CC(=O)OC(C)(C)C)N[B]C=O. The van der Waals surface area contributed by atoms with Gasteiger partial charge in [0, 0.05) is 36.6 Å². The van der Waals surface area contributed by atoms with Gasteiger partial charge in [-0.1, -0.05) is 0 Å². The maximum atomic E-state index is 12.3. The monoisotopic (exact) mass is 457 g/mol. The van der Waals surface area contributed by atoms with Gasteiger partial charge in [0.05, 0.1) is 19.2 Å². The molecule has 0 saturated carbocycles. The minimum Gasteiger partial charge on any atom is -0.494 e. The summed E-state index contributed by atoms with van der Waals surface area (Å²) in [6, 6.07) is 5.59. The van der Waals surface area contributed by atoms with Crippen LogP contribution in [-0.2, 0) is 20.7 Å². The van der Waals surface area contributed by atoms with Gasteiger partial charge in [0.2, 0.25) is 0 Å². The van der Waals surface area contributed by atoms with Gasteiger partial charge in [-0.05, 0) is 57.9 Å². The lowest BCUT2D eigenvalue weighted by Gasteiger charge is -2.26. The number of anilines is 1. The van der Waals surface area contributed by atoms with Crippen LogP contribution in [0.2, 0.25) is 0 Å². The second kappa shape index (κ2) is 13.8. The molecule has 0 fully saturated rings. The first-order valence-electron chi connectivity index (χ1n) is 10.1. The van der Waals surface area contributed by atoms with Gasteiger partial charge in [0.1, 0.15) is 11.4 Å². The molecule has 1 atom stereocenters. The summed E-state index contributed by atoms with van der Waals surface area (Å²) < 4.78 is 11.2. The first-order chi connectivity index (χ1) is 14.2. The van der Waals surface area contributed by atoms with Gasteiger partial charge < -0.3 is 24.4 Å². The summed E-state index contributed by atoms with van der Waals surface area (Å²) in [5.74, 6) is 1.37. The second-order valence-electron chi connectivity index (χ2n) is 7.75. The van der Waals surface area contributed by atoms with Crippen molar-refractivity contribution in [3.05, 3.63) is 23.8 Å². The van der Waals surface area contributed by atoms with Crippen LogP contribution in [0, 0.1) is 0 Å². The van der Waals surface area contributed by atoms with Crippen molar-refractivity contribution in [3.63, 3.8) is 0 Å². The fourth-order valence-corrected chi connectivity index (χ4v) is 3.42. The third-order valence-corrected chi connectivity index (χ3v) is 4.46. The molecular formula is C21H32BCl2N2O4. The minimum atomic E-state index is -0.573. The van der Waals surface area contributed by atoms with Crippen molar-refractivity contribution in [1.82, 2.24) is 5.23 Å². The smallest absolute Gasteiger partial charge is 0.307 e. The maximum absolute atomic E-state index is 12.3. The molecule has 1 aromatic rings. The van der Waals surface area contributed by atoms with E-state index in [0.29, 0.717) is 44.1 Å². The van der Waals surface area contributed by atoms with E-state index in [1.807, 2.05) is 45.9 Å². The highest BCUT2D eigenvalue weighted by Gasteiger charge is 2.22. The highest BCUT2D eigenvalue weighted by atomic mass is 35.5. The van der Waals surface area contributed by atoms with Gasteiger partial charge in [-0.25, -0.2) is 0 Å². The number of alkyl halides is 2. The van der Waals surface area contributed by atoms with E-state index in [-0.39, 0.29) is 18.4 Å². The Balaban J connectivity index is 3.12. The third kappa shape index (κ3) is 10.0. The van der Waals surface area contributed by atoms with Crippen molar-refractivity contribution >= 4 is 48.5 Å². The summed E-state index contributed by atoms with van der Waals surface area (Å²) >= 11 is 11.9. The standard InChI is InChI=1S/C21H32BCl2N2O4/c1-5-29-19-7-6-18(26(10-8-23)11-9-24)13-16(19)12-17(25-22-15-27)14-20(28)30-21(2,3)4/h6-7,13,15,17,25H,5,8-12,14H2,1-4H3/t17-/m0/s1. The third-order valence-electron chi connectivity index (χ3n) is 4.12. The molecule has 1 radical (unpaired) electrons. The van der Waals surface area contributed by atoms with Crippen LogP contribution in [0.25, 0.3) is 0 Å². The highest BCUT2D eigenvalue weighted by Crippen LogP contribution is 2.27. The zero-order valence-electron chi connectivity index (χ0n) is 18.2. The number of rotatable bonds is 14. The van der Waals surface area contributed by atoms with Crippen LogP contribution in [0.1, 0.15) is 39.7 Å². The lowest BCUT2D eigenvalue weighted by atomic mass is 9.92. The predicted octanol–water partition coefficient (Wildman–Crippen LogP) is 3.41. The Hall–Kier alpha value is -1.44. The normalized spacial score (nSPS) is 12.2. The predicted molar refractivity (Wildman–Crippen MR) is 125 cm³/mol. The summed E-state index contributed by atoms with van der Waals surface area (Å²) in [6.45, 7) is 9.24. The van der Waals surface area contributed by atoms with Crippen molar-refractivity contribution in [2.24, 2.45) is 0 Å². The first-order valence-corrected chi connectivity index (χ1v) is 11.2. The van der Waals surface area contributed by atoms with E-state index in [9.17, 15) is 9.59 Å². The van der Waals surface area contributed by atoms with E-state index in [4.69, 9.17) is 32.7 Å². The van der Waals surface area contributed by atoms with Gasteiger partial charge in [0.25, 0.3) is 7.41 Å². The Bertz CT molecular complexity index is 665. The zero-order chi connectivity index (χ0) is 22.6. The fraction of sp³-hybridized carbons (Fsp3) is 0.619. The number of nitrogens with one attached hydrogen (secondary N) is 1. The maximum Gasteiger partial charge on any atom is 0.307 e. The van der Waals surface area contributed by atoms with Gasteiger partial charge in [-0.2, -0.15) is 0 Å². The highest BCUT2D eigenvalue weighted by molar-refractivity contribution is 6.64. The van der Waals surface area contributed by atoms with E-state index >= 15 is 0 Å². The lowest BCUT2D eigenvalue weighted by Crippen LogP contribution is -2.38. The summed E-state index contributed by atoms with van der Waals surface area (Å²) in [6.07, 6.45) is 1.25. The quantitative estimate of drug-likeness (QED) is 0.200. The molecule has 9 heteroatoms. The summed E-state index contributed by atoms with van der Waals surface area (Å²) in [7, 11) is 1.30. The molecule has 6 nitrogen and oxygen atoms in total. The van der Waals surface area contributed by atoms with Gasteiger partial charge in [0.15, 0.2) is 0 Å². The zero-order valence-corrected chi connectivity index (χ0v) is 19.8. The van der Waals surface area contributed by atoms with Gasteiger partial charge >= 0.3 is 5.97 Å².